The largest absolute Gasteiger partial charge is 0.382 e. The molecule has 1 heterocycles. The molecule has 22 heavy (non-hydrogen) atoms. The fraction of sp³-hybridized carbons (Fsp3) is 0.611. The van der Waals surface area contributed by atoms with E-state index in [0.29, 0.717) is 6.61 Å². The number of piperidine rings is 1. The molecule has 0 bridgehead atoms. The fourth-order valence-electron chi connectivity index (χ4n) is 3.23. The molecule has 2 rings (SSSR count). The number of methoxy groups -OCH3 is 1. The van der Waals surface area contributed by atoms with Gasteiger partial charge in [0.15, 0.2) is 0 Å². The second-order valence-electron chi connectivity index (χ2n) is 6.60. The van der Waals surface area contributed by atoms with Crippen LogP contribution in [0.2, 0.25) is 0 Å². The van der Waals surface area contributed by atoms with Crippen LogP contribution in [0.1, 0.15) is 39.2 Å². The summed E-state index contributed by atoms with van der Waals surface area (Å²) >= 11 is 0. The minimum Gasteiger partial charge on any atom is -0.382 e. The van der Waals surface area contributed by atoms with Crippen LogP contribution in [-0.4, -0.2) is 43.2 Å². The van der Waals surface area contributed by atoms with Gasteiger partial charge >= 0.3 is 0 Å². The Morgan fingerprint density at radius 1 is 1.36 bits per heavy atom. The van der Waals surface area contributed by atoms with Crippen molar-refractivity contribution in [3.8, 4) is 0 Å². The second kappa shape index (κ2) is 7.25. The van der Waals surface area contributed by atoms with E-state index in [1.807, 2.05) is 23.1 Å². The lowest BCUT2D eigenvalue weighted by Gasteiger charge is -2.40. The molecule has 4 heteroatoms. The number of rotatable bonds is 6. The Bertz CT molecular complexity index is 489. The van der Waals surface area contributed by atoms with Gasteiger partial charge in [0.05, 0.1) is 18.2 Å². The zero-order chi connectivity index (χ0) is 16.2. The number of nitrogens with one attached hydrogen (secondary N) is 1. The van der Waals surface area contributed by atoms with E-state index in [4.69, 9.17) is 4.74 Å². The Balaban J connectivity index is 2.19. The Morgan fingerprint density at radius 2 is 2.05 bits per heavy atom. The van der Waals surface area contributed by atoms with Gasteiger partial charge in [0.1, 0.15) is 0 Å². The number of amides is 1. The lowest BCUT2D eigenvalue weighted by Crippen LogP contribution is -2.58. The van der Waals surface area contributed by atoms with Crippen LogP contribution in [0.15, 0.2) is 30.3 Å². The summed E-state index contributed by atoms with van der Waals surface area (Å²) in [4.78, 5) is 14.7. The molecule has 2 atom stereocenters. The standard InChI is InChI=1S/C18H28N2O2/c1-14(2)20-12-8-11-16(17(20)21)19-18(3,13-22-4)15-9-6-5-7-10-15/h5-7,9-10,14,16,19H,8,11-13H2,1-4H3/t16-,18+/m1/s1. The number of benzene rings is 1. The van der Waals surface area contributed by atoms with Crippen LogP contribution >= 0.6 is 0 Å². The molecule has 0 aliphatic carbocycles. The smallest absolute Gasteiger partial charge is 0.239 e. The van der Waals surface area contributed by atoms with Crippen molar-refractivity contribution in [1.82, 2.24) is 10.2 Å². The highest BCUT2D eigenvalue weighted by atomic mass is 16.5. The summed E-state index contributed by atoms with van der Waals surface area (Å²) < 4.78 is 5.43. The normalized spacial score (nSPS) is 22.0. The molecule has 1 fully saturated rings. The quantitative estimate of drug-likeness (QED) is 0.878. The molecule has 1 saturated heterocycles. The van der Waals surface area contributed by atoms with Gasteiger partial charge in [-0.3, -0.25) is 10.1 Å². The first-order valence-corrected chi connectivity index (χ1v) is 8.10. The van der Waals surface area contributed by atoms with Crippen LogP contribution in [0.4, 0.5) is 0 Å². The average molecular weight is 304 g/mol. The first-order valence-electron chi connectivity index (χ1n) is 8.10. The molecule has 0 unspecified atom stereocenters. The fourth-order valence-corrected chi connectivity index (χ4v) is 3.23. The molecule has 1 aliphatic rings. The molecule has 0 radical (unpaired) electrons. The summed E-state index contributed by atoms with van der Waals surface area (Å²) in [5, 5.41) is 3.57. The van der Waals surface area contributed by atoms with Crippen LogP contribution in [0.5, 0.6) is 0 Å². The number of carbonyl (C=O) groups is 1. The number of hydrogen-bond donors (Lipinski definition) is 1. The van der Waals surface area contributed by atoms with Gasteiger partial charge in [0.2, 0.25) is 5.91 Å². The summed E-state index contributed by atoms with van der Waals surface area (Å²) in [6, 6.07) is 10.3. The monoisotopic (exact) mass is 304 g/mol. The Labute approximate surface area is 133 Å². The van der Waals surface area contributed by atoms with Crippen LogP contribution < -0.4 is 5.32 Å². The molecule has 1 aromatic rings. The third kappa shape index (κ3) is 3.68. The van der Waals surface area contributed by atoms with Crippen LogP contribution in [0, 0.1) is 0 Å². The maximum absolute atomic E-state index is 12.7. The zero-order valence-electron chi connectivity index (χ0n) is 14.1. The molecule has 0 saturated carbocycles. The first kappa shape index (κ1) is 17.0. The lowest BCUT2D eigenvalue weighted by atomic mass is 9.90. The second-order valence-corrected chi connectivity index (χ2v) is 6.60. The molecule has 1 amide bonds. The highest BCUT2D eigenvalue weighted by molar-refractivity contribution is 5.83. The summed E-state index contributed by atoms with van der Waals surface area (Å²) in [7, 11) is 1.70. The van der Waals surface area contributed by atoms with Crippen molar-refractivity contribution in [3.05, 3.63) is 35.9 Å². The van der Waals surface area contributed by atoms with E-state index in [1.54, 1.807) is 7.11 Å². The SMILES string of the molecule is COC[C@](C)(N[C@@H]1CCCN(C(C)C)C1=O)c1ccccc1. The Kier molecular flexibility index (Phi) is 5.59. The first-order chi connectivity index (χ1) is 10.5. The topological polar surface area (TPSA) is 41.6 Å². The third-order valence-corrected chi connectivity index (χ3v) is 4.43. The molecule has 122 valence electrons. The maximum Gasteiger partial charge on any atom is 0.239 e. The molecule has 0 aromatic heterocycles. The van der Waals surface area contributed by atoms with E-state index in [9.17, 15) is 4.79 Å². The van der Waals surface area contributed by atoms with Gasteiger partial charge in [-0.25, -0.2) is 0 Å². The van der Waals surface area contributed by atoms with Gasteiger partial charge < -0.3 is 9.64 Å². The highest BCUT2D eigenvalue weighted by Gasteiger charge is 2.36. The minimum absolute atomic E-state index is 0.142. The van der Waals surface area contributed by atoms with E-state index >= 15 is 0 Å². The van der Waals surface area contributed by atoms with Crippen molar-refractivity contribution in [1.29, 1.82) is 0 Å². The maximum atomic E-state index is 12.7. The molecule has 4 nitrogen and oxygen atoms in total. The van der Waals surface area contributed by atoms with Crippen molar-refractivity contribution >= 4 is 5.91 Å². The zero-order valence-corrected chi connectivity index (χ0v) is 14.1. The molecular formula is C18H28N2O2. The number of likely N-dealkylation sites (tertiary alicyclic amines) is 1. The van der Waals surface area contributed by atoms with Crippen molar-refractivity contribution in [3.63, 3.8) is 0 Å². The lowest BCUT2D eigenvalue weighted by molar-refractivity contribution is -0.138. The van der Waals surface area contributed by atoms with E-state index in [2.05, 4.69) is 38.2 Å². The molecule has 1 N–H and O–H groups in total. The molecular weight excluding hydrogens is 276 g/mol. The van der Waals surface area contributed by atoms with Gasteiger partial charge in [0.25, 0.3) is 0 Å². The Morgan fingerprint density at radius 3 is 2.64 bits per heavy atom. The predicted octanol–water partition coefficient (Wildman–Crippen LogP) is 2.54. The number of hydrogen-bond acceptors (Lipinski definition) is 3. The summed E-state index contributed by atoms with van der Waals surface area (Å²) in [6.07, 6.45) is 1.92. The summed E-state index contributed by atoms with van der Waals surface area (Å²) in [5.41, 5.74) is 0.780. The minimum atomic E-state index is -0.365. The molecule has 1 aliphatic heterocycles. The van der Waals surface area contributed by atoms with E-state index in [1.165, 1.54) is 0 Å². The molecule has 1 aromatic carbocycles. The number of ether oxygens (including phenoxy) is 1. The van der Waals surface area contributed by atoms with Gasteiger partial charge in [-0.1, -0.05) is 30.3 Å². The van der Waals surface area contributed by atoms with Gasteiger partial charge in [-0.15, -0.1) is 0 Å². The van der Waals surface area contributed by atoms with E-state index in [0.717, 1.165) is 24.9 Å². The Hall–Kier alpha value is -1.39. The van der Waals surface area contributed by atoms with Crippen LogP contribution in [0.25, 0.3) is 0 Å². The van der Waals surface area contributed by atoms with Crippen LogP contribution in [-0.2, 0) is 15.1 Å². The average Bonchev–Trinajstić information content (AvgIpc) is 2.50. The van der Waals surface area contributed by atoms with Gasteiger partial charge in [0, 0.05) is 19.7 Å². The summed E-state index contributed by atoms with van der Waals surface area (Å²) in [6.45, 7) is 7.65. The van der Waals surface area contributed by atoms with Crippen LogP contribution in [0.3, 0.4) is 0 Å². The number of carbonyl (C=O) groups excluding carboxylic acids is 1. The van der Waals surface area contributed by atoms with E-state index < -0.39 is 0 Å². The summed E-state index contributed by atoms with van der Waals surface area (Å²) in [5.74, 6) is 0.208. The van der Waals surface area contributed by atoms with Crippen molar-refractivity contribution < 1.29 is 9.53 Å². The van der Waals surface area contributed by atoms with Gasteiger partial charge in [-0.2, -0.15) is 0 Å². The van der Waals surface area contributed by atoms with Crippen molar-refractivity contribution in [2.45, 2.75) is 51.2 Å². The van der Waals surface area contributed by atoms with Gasteiger partial charge in [-0.05, 0) is 39.2 Å². The van der Waals surface area contributed by atoms with E-state index in [-0.39, 0.29) is 23.5 Å². The highest BCUT2D eigenvalue weighted by Crippen LogP contribution is 2.25. The predicted molar refractivity (Wildman–Crippen MR) is 88.7 cm³/mol. The molecule has 0 spiro atoms. The number of nitrogens with zero attached hydrogens (tertiary/aromatic N) is 1. The third-order valence-electron chi connectivity index (χ3n) is 4.43. The van der Waals surface area contributed by atoms with Crippen molar-refractivity contribution in [2.24, 2.45) is 0 Å². The van der Waals surface area contributed by atoms with Crippen molar-refractivity contribution in [2.75, 3.05) is 20.3 Å².